The van der Waals surface area contributed by atoms with Crippen molar-refractivity contribution in [3.63, 3.8) is 0 Å². The highest BCUT2D eigenvalue weighted by molar-refractivity contribution is 4.88. The van der Waals surface area contributed by atoms with Gasteiger partial charge in [0.15, 0.2) is 0 Å². The van der Waals surface area contributed by atoms with Crippen molar-refractivity contribution in [1.29, 1.82) is 0 Å². The molecule has 0 aromatic carbocycles. The summed E-state index contributed by atoms with van der Waals surface area (Å²) < 4.78 is 5.05. The third-order valence-electron chi connectivity index (χ3n) is 3.47. The zero-order chi connectivity index (χ0) is 12.7. The first-order valence-electron chi connectivity index (χ1n) is 7.10. The van der Waals surface area contributed by atoms with Crippen molar-refractivity contribution in [1.82, 2.24) is 10.2 Å². The third kappa shape index (κ3) is 6.39. The van der Waals surface area contributed by atoms with Crippen molar-refractivity contribution >= 4 is 0 Å². The first kappa shape index (κ1) is 14.9. The van der Waals surface area contributed by atoms with E-state index in [0.29, 0.717) is 6.04 Å². The van der Waals surface area contributed by atoms with Crippen LogP contribution in [0.4, 0.5) is 0 Å². The van der Waals surface area contributed by atoms with Gasteiger partial charge in [-0.25, -0.2) is 0 Å². The molecule has 0 radical (unpaired) electrons. The molecule has 0 aromatic rings. The van der Waals surface area contributed by atoms with E-state index in [1.807, 2.05) is 0 Å². The standard InChI is InChI=1S/C14H30N2O/c1-12(2)7-9-16(14-5-6-14)13(3)11-15-8-10-17-4/h12-15H,5-11H2,1-4H3. The first-order valence-corrected chi connectivity index (χ1v) is 7.10. The molecular weight excluding hydrogens is 212 g/mol. The number of nitrogens with zero attached hydrogens (tertiary/aromatic N) is 1. The fraction of sp³-hybridized carbons (Fsp3) is 1.00. The summed E-state index contributed by atoms with van der Waals surface area (Å²) in [7, 11) is 1.75. The van der Waals surface area contributed by atoms with Crippen molar-refractivity contribution in [2.24, 2.45) is 5.92 Å². The van der Waals surface area contributed by atoms with Crippen LogP contribution in [-0.4, -0.2) is 50.3 Å². The molecule has 102 valence electrons. The molecule has 0 saturated heterocycles. The van der Waals surface area contributed by atoms with Gasteiger partial charge in [-0.05, 0) is 38.6 Å². The average Bonchev–Trinajstić information content (AvgIpc) is 3.08. The van der Waals surface area contributed by atoms with E-state index in [9.17, 15) is 0 Å². The Morgan fingerprint density at radius 1 is 1.29 bits per heavy atom. The molecule has 1 rings (SSSR count). The fourth-order valence-electron chi connectivity index (χ4n) is 2.18. The van der Waals surface area contributed by atoms with E-state index in [2.05, 4.69) is 31.0 Å². The number of hydrogen-bond donors (Lipinski definition) is 1. The van der Waals surface area contributed by atoms with Crippen LogP contribution in [0.25, 0.3) is 0 Å². The summed E-state index contributed by atoms with van der Waals surface area (Å²) in [6, 6.07) is 1.52. The number of hydrogen-bond acceptors (Lipinski definition) is 3. The number of nitrogens with one attached hydrogen (secondary N) is 1. The van der Waals surface area contributed by atoms with Gasteiger partial charge < -0.3 is 10.1 Å². The molecule has 1 N–H and O–H groups in total. The third-order valence-corrected chi connectivity index (χ3v) is 3.47. The van der Waals surface area contributed by atoms with Gasteiger partial charge in [0.05, 0.1) is 6.61 Å². The van der Waals surface area contributed by atoms with Crippen LogP contribution in [0, 0.1) is 5.92 Å². The van der Waals surface area contributed by atoms with E-state index >= 15 is 0 Å². The molecule has 1 atom stereocenters. The van der Waals surface area contributed by atoms with E-state index in [1.165, 1.54) is 25.8 Å². The fourth-order valence-corrected chi connectivity index (χ4v) is 2.18. The van der Waals surface area contributed by atoms with Crippen molar-refractivity contribution in [2.75, 3.05) is 33.4 Å². The zero-order valence-electron chi connectivity index (χ0n) is 12.0. The van der Waals surface area contributed by atoms with Crippen molar-refractivity contribution < 1.29 is 4.74 Å². The van der Waals surface area contributed by atoms with Crippen molar-refractivity contribution in [2.45, 2.75) is 52.1 Å². The van der Waals surface area contributed by atoms with Gasteiger partial charge in [0.25, 0.3) is 0 Å². The maximum Gasteiger partial charge on any atom is 0.0587 e. The lowest BCUT2D eigenvalue weighted by atomic mass is 10.1. The molecule has 3 heteroatoms. The second kappa shape index (κ2) is 8.06. The van der Waals surface area contributed by atoms with E-state index in [-0.39, 0.29) is 0 Å². The molecule has 0 amide bonds. The SMILES string of the molecule is COCCNCC(C)N(CCC(C)C)C1CC1. The Labute approximate surface area is 107 Å². The topological polar surface area (TPSA) is 24.5 Å². The second-order valence-corrected chi connectivity index (χ2v) is 5.70. The lowest BCUT2D eigenvalue weighted by molar-refractivity contribution is 0.171. The van der Waals surface area contributed by atoms with Gasteiger partial charge in [0.2, 0.25) is 0 Å². The quantitative estimate of drug-likeness (QED) is 0.594. The van der Waals surface area contributed by atoms with Gasteiger partial charge in [-0.2, -0.15) is 0 Å². The second-order valence-electron chi connectivity index (χ2n) is 5.70. The maximum atomic E-state index is 5.05. The minimum atomic E-state index is 0.651. The molecule has 0 heterocycles. The van der Waals surface area contributed by atoms with Crippen LogP contribution in [0.1, 0.15) is 40.0 Å². The maximum absolute atomic E-state index is 5.05. The molecule has 1 unspecified atom stereocenters. The van der Waals surface area contributed by atoms with Gasteiger partial charge >= 0.3 is 0 Å². The van der Waals surface area contributed by atoms with Crippen LogP contribution < -0.4 is 5.32 Å². The van der Waals surface area contributed by atoms with E-state index < -0.39 is 0 Å². The van der Waals surface area contributed by atoms with Gasteiger partial charge in [-0.15, -0.1) is 0 Å². The van der Waals surface area contributed by atoms with Gasteiger partial charge in [-0.1, -0.05) is 13.8 Å². The first-order chi connectivity index (χ1) is 8.15. The minimum absolute atomic E-state index is 0.651. The van der Waals surface area contributed by atoms with Gasteiger partial charge in [-0.3, -0.25) is 4.90 Å². The van der Waals surface area contributed by atoms with Crippen molar-refractivity contribution in [3.05, 3.63) is 0 Å². The molecule has 1 aliphatic carbocycles. The predicted octanol–water partition coefficient (Wildman–Crippen LogP) is 2.12. The van der Waals surface area contributed by atoms with E-state index in [1.54, 1.807) is 7.11 Å². The number of ether oxygens (including phenoxy) is 1. The molecule has 0 aromatic heterocycles. The highest BCUT2D eigenvalue weighted by atomic mass is 16.5. The van der Waals surface area contributed by atoms with Crippen LogP contribution in [0.15, 0.2) is 0 Å². The molecule has 17 heavy (non-hydrogen) atoms. The van der Waals surface area contributed by atoms with Crippen LogP contribution >= 0.6 is 0 Å². The smallest absolute Gasteiger partial charge is 0.0587 e. The Morgan fingerprint density at radius 2 is 2.00 bits per heavy atom. The summed E-state index contributed by atoms with van der Waals surface area (Å²) in [6.45, 7) is 11.1. The molecule has 0 bridgehead atoms. The van der Waals surface area contributed by atoms with Crippen LogP contribution in [0.3, 0.4) is 0 Å². The largest absolute Gasteiger partial charge is 0.383 e. The number of rotatable bonds is 10. The lowest BCUT2D eigenvalue weighted by Gasteiger charge is -2.30. The summed E-state index contributed by atoms with van der Waals surface area (Å²) in [5.41, 5.74) is 0. The van der Waals surface area contributed by atoms with Crippen molar-refractivity contribution in [3.8, 4) is 0 Å². The molecule has 0 aliphatic heterocycles. The average molecular weight is 242 g/mol. The summed E-state index contributed by atoms with van der Waals surface area (Å²) in [6.07, 6.45) is 4.12. The van der Waals surface area contributed by atoms with Crippen LogP contribution in [-0.2, 0) is 4.74 Å². The Morgan fingerprint density at radius 3 is 2.53 bits per heavy atom. The molecule has 1 fully saturated rings. The molecule has 1 saturated carbocycles. The Kier molecular flexibility index (Phi) is 7.09. The summed E-state index contributed by atoms with van der Waals surface area (Å²) in [5, 5.41) is 3.47. The molecule has 0 spiro atoms. The molecule has 3 nitrogen and oxygen atoms in total. The monoisotopic (exact) mass is 242 g/mol. The Bertz CT molecular complexity index is 193. The summed E-state index contributed by atoms with van der Waals surface area (Å²) in [4.78, 5) is 2.69. The zero-order valence-corrected chi connectivity index (χ0v) is 12.0. The molecular formula is C14H30N2O. The lowest BCUT2D eigenvalue weighted by Crippen LogP contribution is -2.43. The Balaban J connectivity index is 2.20. The predicted molar refractivity (Wildman–Crippen MR) is 73.4 cm³/mol. The summed E-state index contributed by atoms with van der Waals surface area (Å²) in [5.74, 6) is 0.810. The van der Waals surface area contributed by atoms with E-state index in [0.717, 1.165) is 31.7 Å². The highest BCUT2D eigenvalue weighted by Crippen LogP contribution is 2.29. The van der Waals surface area contributed by atoms with Crippen LogP contribution in [0.2, 0.25) is 0 Å². The van der Waals surface area contributed by atoms with Gasteiger partial charge in [0.1, 0.15) is 0 Å². The van der Waals surface area contributed by atoms with E-state index in [4.69, 9.17) is 4.74 Å². The van der Waals surface area contributed by atoms with Crippen LogP contribution in [0.5, 0.6) is 0 Å². The summed E-state index contributed by atoms with van der Waals surface area (Å²) >= 11 is 0. The normalized spacial score (nSPS) is 18.0. The highest BCUT2D eigenvalue weighted by Gasteiger charge is 2.31. The Hall–Kier alpha value is -0.120. The minimum Gasteiger partial charge on any atom is -0.383 e. The van der Waals surface area contributed by atoms with Gasteiger partial charge in [0, 0.05) is 32.3 Å². The number of methoxy groups -OCH3 is 1. The molecule has 1 aliphatic rings.